The van der Waals surface area contributed by atoms with Crippen LogP contribution in [0.25, 0.3) is 0 Å². The van der Waals surface area contributed by atoms with E-state index in [4.69, 9.17) is 10.8 Å². The molecular formula is C15H29N3O2. The highest BCUT2D eigenvalue weighted by Gasteiger charge is 2.31. The largest absolute Gasteiger partial charge is 0.395 e. The molecular weight excluding hydrogens is 254 g/mol. The number of β-amino-alcohol motifs (C(OH)–C–C–N with tert-alkyl or cyclic N) is 1. The van der Waals surface area contributed by atoms with Crippen molar-refractivity contribution in [3.05, 3.63) is 0 Å². The summed E-state index contributed by atoms with van der Waals surface area (Å²) in [6, 6.07) is 0.0433. The molecule has 2 unspecified atom stereocenters. The molecule has 0 aromatic rings. The monoisotopic (exact) mass is 283 g/mol. The first-order chi connectivity index (χ1) is 9.72. The zero-order valence-electron chi connectivity index (χ0n) is 12.5. The maximum Gasteiger partial charge on any atom is 0.227 e. The lowest BCUT2D eigenvalue weighted by Gasteiger charge is -2.28. The van der Waals surface area contributed by atoms with Gasteiger partial charge in [-0.3, -0.25) is 9.69 Å². The van der Waals surface area contributed by atoms with E-state index in [9.17, 15) is 4.79 Å². The van der Waals surface area contributed by atoms with E-state index in [2.05, 4.69) is 4.90 Å². The van der Waals surface area contributed by atoms with Crippen LogP contribution in [-0.4, -0.2) is 66.2 Å². The Morgan fingerprint density at radius 1 is 1.05 bits per heavy atom. The summed E-state index contributed by atoms with van der Waals surface area (Å²) in [6.07, 6.45) is 6.44. The van der Waals surface area contributed by atoms with E-state index in [1.165, 1.54) is 6.42 Å². The summed E-state index contributed by atoms with van der Waals surface area (Å²) in [5.41, 5.74) is 6.21. The third kappa shape index (κ3) is 4.17. The molecule has 1 saturated carbocycles. The van der Waals surface area contributed by atoms with Crippen LogP contribution in [0.1, 0.15) is 38.5 Å². The molecule has 3 N–H and O–H groups in total. The predicted molar refractivity (Wildman–Crippen MR) is 79.3 cm³/mol. The number of aliphatic hydroxyl groups excluding tert-OH is 1. The van der Waals surface area contributed by atoms with Crippen molar-refractivity contribution in [2.45, 2.75) is 44.6 Å². The van der Waals surface area contributed by atoms with Crippen molar-refractivity contribution in [1.29, 1.82) is 0 Å². The van der Waals surface area contributed by atoms with E-state index in [0.29, 0.717) is 6.54 Å². The van der Waals surface area contributed by atoms with E-state index >= 15 is 0 Å². The third-order valence-electron chi connectivity index (χ3n) is 4.70. The highest BCUT2D eigenvalue weighted by molar-refractivity contribution is 5.79. The number of amides is 1. The van der Waals surface area contributed by atoms with Gasteiger partial charge in [-0.2, -0.15) is 0 Å². The first-order valence-corrected chi connectivity index (χ1v) is 8.10. The van der Waals surface area contributed by atoms with Crippen LogP contribution in [-0.2, 0) is 4.79 Å². The lowest BCUT2D eigenvalue weighted by atomic mass is 9.94. The minimum atomic E-state index is 0.0295. The van der Waals surface area contributed by atoms with Crippen molar-refractivity contribution in [1.82, 2.24) is 9.80 Å². The summed E-state index contributed by atoms with van der Waals surface area (Å²) in [4.78, 5) is 17.0. The Balaban J connectivity index is 1.90. The van der Waals surface area contributed by atoms with Crippen LogP contribution in [0.5, 0.6) is 0 Å². The molecule has 2 rings (SSSR count). The molecule has 2 fully saturated rings. The number of carbonyl (C=O) groups is 1. The lowest BCUT2D eigenvalue weighted by Crippen LogP contribution is -2.45. The Labute approximate surface area is 122 Å². The molecule has 1 amide bonds. The molecule has 0 bridgehead atoms. The van der Waals surface area contributed by atoms with Crippen LogP contribution in [0, 0.1) is 5.92 Å². The van der Waals surface area contributed by atoms with Crippen molar-refractivity contribution in [2.75, 3.05) is 39.3 Å². The van der Waals surface area contributed by atoms with Gasteiger partial charge in [0.05, 0.1) is 12.5 Å². The first-order valence-electron chi connectivity index (χ1n) is 8.10. The van der Waals surface area contributed by atoms with E-state index in [1.54, 1.807) is 0 Å². The molecule has 20 heavy (non-hydrogen) atoms. The predicted octanol–water partition coefficient (Wildman–Crippen LogP) is 0.421. The van der Waals surface area contributed by atoms with Gasteiger partial charge in [0.1, 0.15) is 0 Å². The highest BCUT2D eigenvalue weighted by Crippen LogP contribution is 2.24. The maximum absolute atomic E-state index is 12.7. The Hall–Kier alpha value is -0.650. The van der Waals surface area contributed by atoms with Crippen molar-refractivity contribution in [3.63, 3.8) is 0 Å². The van der Waals surface area contributed by atoms with Gasteiger partial charge in [0.25, 0.3) is 0 Å². The second kappa shape index (κ2) is 7.96. The molecule has 1 aliphatic carbocycles. The van der Waals surface area contributed by atoms with Crippen molar-refractivity contribution in [2.24, 2.45) is 11.7 Å². The number of aliphatic hydroxyl groups is 1. The van der Waals surface area contributed by atoms with Crippen LogP contribution in [0.4, 0.5) is 0 Å². The van der Waals surface area contributed by atoms with Crippen LogP contribution in [0.15, 0.2) is 0 Å². The fraction of sp³-hybridized carbons (Fsp3) is 0.933. The summed E-state index contributed by atoms with van der Waals surface area (Å²) < 4.78 is 0. The Morgan fingerprint density at radius 3 is 2.65 bits per heavy atom. The minimum Gasteiger partial charge on any atom is -0.395 e. The standard InChI is InChI=1S/C15H29N3O2/c16-14-6-3-1-2-5-13(14)15(20)18-8-4-7-17(9-10-18)11-12-19/h13-14,19H,1-12,16H2. The van der Waals surface area contributed by atoms with E-state index in [1.807, 2.05) is 4.90 Å². The van der Waals surface area contributed by atoms with Gasteiger partial charge in [-0.05, 0) is 25.8 Å². The fourth-order valence-corrected chi connectivity index (χ4v) is 3.43. The van der Waals surface area contributed by atoms with Gasteiger partial charge in [0.15, 0.2) is 0 Å². The molecule has 0 radical (unpaired) electrons. The molecule has 2 atom stereocenters. The van der Waals surface area contributed by atoms with Crippen LogP contribution in [0.2, 0.25) is 0 Å². The van der Waals surface area contributed by atoms with Gasteiger partial charge >= 0.3 is 0 Å². The summed E-state index contributed by atoms with van der Waals surface area (Å²) in [5.74, 6) is 0.298. The van der Waals surface area contributed by atoms with Gasteiger partial charge in [-0.15, -0.1) is 0 Å². The Bertz CT molecular complexity index is 311. The summed E-state index contributed by atoms with van der Waals surface area (Å²) in [5, 5.41) is 9.02. The summed E-state index contributed by atoms with van der Waals surface area (Å²) in [7, 11) is 0. The first kappa shape index (κ1) is 15.7. The zero-order valence-corrected chi connectivity index (χ0v) is 12.5. The van der Waals surface area contributed by atoms with E-state index in [0.717, 1.165) is 58.3 Å². The van der Waals surface area contributed by atoms with Crippen molar-refractivity contribution >= 4 is 5.91 Å². The molecule has 0 spiro atoms. The fourth-order valence-electron chi connectivity index (χ4n) is 3.43. The van der Waals surface area contributed by atoms with Crippen LogP contribution >= 0.6 is 0 Å². The number of hydrogen-bond donors (Lipinski definition) is 2. The summed E-state index contributed by atoms with van der Waals surface area (Å²) >= 11 is 0. The lowest BCUT2D eigenvalue weighted by molar-refractivity contribution is -0.136. The summed E-state index contributed by atoms with van der Waals surface area (Å²) in [6.45, 7) is 4.37. The quantitative estimate of drug-likeness (QED) is 0.737. The highest BCUT2D eigenvalue weighted by atomic mass is 16.3. The number of rotatable bonds is 3. The van der Waals surface area contributed by atoms with E-state index in [-0.39, 0.29) is 24.5 Å². The van der Waals surface area contributed by atoms with Crippen molar-refractivity contribution < 1.29 is 9.90 Å². The molecule has 0 aromatic carbocycles. The number of carbonyl (C=O) groups excluding carboxylic acids is 1. The zero-order chi connectivity index (χ0) is 14.4. The molecule has 5 heteroatoms. The molecule has 1 aliphatic heterocycles. The second-order valence-electron chi connectivity index (χ2n) is 6.15. The maximum atomic E-state index is 12.7. The minimum absolute atomic E-state index is 0.0295. The van der Waals surface area contributed by atoms with Gasteiger partial charge < -0.3 is 15.7 Å². The number of nitrogens with two attached hydrogens (primary N) is 1. The van der Waals surface area contributed by atoms with E-state index < -0.39 is 0 Å². The smallest absolute Gasteiger partial charge is 0.227 e. The average molecular weight is 283 g/mol. The third-order valence-corrected chi connectivity index (χ3v) is 4.70. The number of hydrogen-bond acceptors (Lipinski definition) is 4. The van der Waals surface area contributed by atoms with Crippen molar-refractivity contribution in [3.8, 4) is 0 Å². The van der Waals surface area contributed by atoms with Gasteiger partial charge in [0.2, 0.25) is 5.91 Å². The van der Waals surface area contributed by atoms with Gasteiger partial charge in [-0.1, -0.05) is 19.3 Å². The molecule has 2 aliphatic rings. The molecule has 5 nitrogen and oxygen atoms in total. The number of nitrogens with zero attached hydrogens (tertiary/aromatic N) is 2. The van der Waals surface area contributed by atoms with Gasteiger partial charge in [0, 0.05) is 32.2 Å². The SMILES string of the molecule is NC1CCCCCC1C(=O)N1CCCN(CCO)CC1. The molecule has 116 valence electrons. The molecule has 1 heterocycles. The van der Waals surface area contributed by atoms with Crippen LogP contribution < -0.4 is 5.73 Å². The topological polar surface area (TPSA) is 69.8 Å². The van der Waals surface area contributed by atoms with Gasteiger partial charge in [-0.25, -0.2) is 0 Å². The van der Waals surface area contributed by atoms with Crippen LogP contribution in [0.3, 0.4) is 0 Å². The Kier molecular flexibility index (Phi) is 6.26. The average Bonchev–Trinajstić information content (AvgIpc) is 2.79. The second-order valence-corrected chi connectivity index (χ2v) is 6.15. The molecule has 1 saturated heterocycles. The molecule has 0 aromatic heterocycles. The Morgan fingerprint density at radius 2 is 1.85 bits per heavy atom. The normalized spacial score (nSPS) is 29.8.